The zero-order valence-electron chi connectivity index (χ0n) is 17.0. The highest BCUT2D eigenvalue weighted by Gasteiger charge is 2.66. The van der Waals surface area contributed by atoms with E-state index in [1.165, 1.54) is 41.7 Å². The van der Waals surface area contributed by atoms with Crippen LogP contribution in [0.15, 0.2) is 72.1 Å². The van der Waals surface area contributed by atoms with Crippen LogP contribution in [0.5, 0.6) is 5.75 Å². The van der Waals surface area contributed by atoms with Gasteiger partial charge in [-0.15, -0.1) is 11.3 Å². The third kappa shape index (κ3) is 4.57. The Morgan fingerprint density at radius 1 is 1.06 bits per heavy atom. The van der Waals surface area contributed by atoms with E-state index in [2.05, 4.69) is 5.32 Å². The smallest absolute Gasteiger partial charge is 0.437 e. The Morgan fingerprint density at radius 2 is 1.76 bits per heavy atom. The summed E-state index contributed by atoms with van der Waals surface area (Å²) < 4.78 is 47.4. The second-order valence-electron chi connectivity index (χ2n) is 7.50. The van der Waals surface area contributed by atoms with Gasteiger partial charge in [-0.1, -0.05) is 48.5 Å². The number of alkyl halides is 3. The van der Waals surface area contributed by atoms with Crippen LogP contribution in [0.4, 0.5) is 18.0 Å². The number of halogens is 3. The first-order chi connectivity index (χ1) is 15.7. The van der Waals surface area contributed by atoms with E-state index in [0.717, 1.165) is 16.9 Å². The van der Waals surface area contributed by atoms with Crippen molar-refractivity contribution in [1.82, 2.24) is 10.6 Å². The van der Waals surface area contributed by atoms with Crippen LogP contribution >= 0.6 is 11.3 Å². The maximum atomic E-state index is 13.9. The molecule has 3 aromatic rings. The van der Waals surface area contributed by atoms with Crippen LogP contribution in [0, 0.1) is 5.92 Å². The molecule has 1 fully saturated rings. The Bertz CT molecular complexity index is 1120. The first-order valence-electron chi connectivity index (χ1n) is 9.91. The fourth-order valence-electron chi connectivity index (χ4n) is 3.70. The van der Waals surface area contributed by atoms with Crippen molar-refractivity contribution in [3.05, 3.63) is 88.1 Å². The Kier molecular flexibility index (Phi) is 6.13. The molecule has 1 aliphatic heterocycles. The predicted molar refractivity (Wildman–Crippen MR) is 115 cm³/mol. The highest BCUT2D eigenvalue weighted by atomic mass is 32.1. The van der Waals surface area contributed by atoms with E-state index in [9.17, 15) is 27.9 Å². The monoisotopic (exact) mass is 476 g/mol. The second kappa shape index (κ2) is 8.87. The molecule has 0 bridgehead atoms. The van der Waals surface area contributed by atoms with Crippen molar-refractivity contribution in [2.45, 2.75) is 24.6 Å². The normalized spacial score (nSPS) is 22.8. The zero-order chi connectivity index (χ0) is 23.6. The minimum absolute atomic E-state index is 0.0356. The molecule has 0 spiro atoms. The fraction of sp³-hybridized carbons (Fsp3) is 0.217. The summed E-state index contributed by atoms with van der Waals surface area (Å²) in [6.07, 6.45) is -5.29. The number of ether oxygens (including phenoxy) is 1. The first-order valence-corrected chi connectivity index (χ1v) is 10.8. The number of benzene rings is 2. The van der Waals surface area contributed by atoms with E-state index < -0.39 is 35.7 Å². The molecule has 1 aromatic heterocycles. The topological polar surface area (TPSA) is 87.7 Å². The molecule has 0 radical (unpaired) electrons. The molecule has 0 unspecified atom stereocenters. The summed E-state index contributed by atoms with van der Waals surface area (Å²) in [6, 6.07) is 15.6. The van der Waals surface area contributed by atoms with Crippen molar-refractivity contribution < 1.29 is 32.6 Å². The zero-order valence-corrected chi connectivity index (χ0v) is 17.8. The highest BCUT2D eigenvalue weighted by Crippen LogP contribution is 2.44. The average Bonchev–Trinajstić information content (AvgIpc) is 3.32. The lowest BCUT2D eigenvalue weighted by molar-refractivity contribution is -0.287. The molecule has 10 heteroatoms. The van der Waals surface area contributed by atoms with Gasteiger partial charge in [-0.25, -0.2) is 4.79 Å². The van der Waals surface area contributed by atoms with E-state index in [-0.39, 0.29) is 17.0 Å². The number of aliphatic hydroxyl groups is 1. The number of thiophene rings is 1. The van der Waals surface area contributed by atoms with Gasteiger partial charge in [0, 0.05) is 0 Å². The van der Waals surface area contributed by atoms with Crippen LogP contribution in [-0.4, -0.2) is 28.8 Å². The van der Waals surface area contributed by atoms with Crippen LogP contribution < -0.4 is 15.4 Å². The minimum atomic E-state index is -5.29. The van der Waals surface area contributed by atoms with E-state index in [1.807, 2.05) is 30.3 Å². The fourth-order valence-corrected chi connectivity index (χ4v) is 4.41. The Hall–Kier alpha value is -3.37. The van der Waals surface area contributed by atoms with Gasteiger partial charge < -0.3 is 20.5 Å². The third-order valence-corrected chi connectivity index (χ3v) is 6.22. The Balaban J connectivity index is 1.64. The maximum absolute atomic E-state index is 13.9. The molecular formula is C23H19F3N2O4S. The van der Waals surface area contributed by atoms with Crippen molar-refractivity contribution in [2.24, 2.45) is 5.92 Å². The number of Topliss-reactive ketones (excluding diaryl/α,β-unsaturated/α-hetero) is 1. The van der Waals surface area contributed by atoms with Gasteiger partial charge in [0.2, 0.25) is 5.72 Å². The van der Waals surface area contributed by atoms with E-state index in [1.54, 1.807) is 5.38 Å². The standard InChI is InChI=1S/C23H19F3N2O4S/c24-23(25,26)22(31)18(20(29)17-7-4-12-33-17)19(27-21(30)28-22)15-8-10-16(11-9-15)32-13-14-5-2-1-3-6-14/h1-12,18-19,31H,13H2,(H2,27,28,30)/t18-,19-,22-/m0/s1. The van der Waals surface area contributed by atoms with Crippen molar-refractivity contribution in [1.29, 1.82) is 0 Å². The van der Waals surface area contributed by atoms with E-state index in [4.69, 9.17) is 4.74 Å². The highest BCUT2D eigenvalue weighted by molar-refractivity contribution is 7.12. The van der Waals surface area contributed by atoms with Crippen LogP contribution in [0.2, 0.25) is 0 Å². The first kappa shape index (κ1) is 22.8. The van der Waals surface area contributed by atoms with Gasteiger partial charge in [-0.3, -0.25) is 4.79 Å². The molecule has 1 aliphatic rings. The largest absolute Gasteiger partial charge is 0.489 e. The molecule has 6 nitrogen and oxygen atoms in total. The minimum Gasteiger partial charge on any atom is -0.489 e. The Morgan fingerprint density at radius 3 is 2.36 bits per heavy atom. The van der Waals surface area contributed by atoms with Crippen LogP contribution in [0.3, 0.4) is 0 Å². The number of urea groups is 1. The molecule has 0 aliphatic carbocycles. The molecule has 0 saturated carbocycles. The van der Waals surface area contributed by atoms with Crippen molar-refractivity contribution >= 4 is 23.2 Å². The van der Waals surface area contributed by atoms with Crippen molar-refractivity contribution in [2.75, 3.05) is 0 Å². The summed E-state index contributed by atoms with van der Waals surface area (Å²) >= 11 is 0.953. The number of carbonyl (C=O) groups excluding carboxylic acids is 2. The molecule has 33 heavy (non-hydrogen) atoms. The lowest BCUT2D eigenvalue weighted by atomic mass is 9.78. The SMILES string of the molecule is O=C1N[C@@H](c2ccc(OCc3ccccc3)cc2)[C@@H](C(=O)c2cccs2)[C@](O)(C(F)(F)F)N1. The van der Waals surface area contributed by atoms with Crippen molar-refractivity contribution in [3.63, 3.8) is 0 Å². The van der Waals surface area contributed by atoms with Gasteiger partial charge in [-0.2, -0.15) is 13.2 Å². The predicted octanol–water partition coefficient (Wildman–Crippen LogP) is 4.43. The number of hydrogen-bond acceptors (Lipinski definition) is 5. The quantitative estimate of drug-likeness (QED) is 0.460. The van der Waals surface area contributed by atoms with Gasteiger partial charge in [0.25, 0.3) is 0 Å². The summed E-state index contributed by atoms with van der Waals surface area (Å²) in [7, 11) is 0. The third-order valence-electron chi connectivity index (χ3n) is 5.34. The molecule has 4 rings (SSSR count). The molecular weight excluding hydrogens is 457 g/mol. The summed E-state index contributed by atoms with van der Waals surface area (Å²) in [5.41, 5.74) is -2.60. The summed E-state index contributed by atoms with van der Waals surface area (Å²) in [4.78, 5) is 25.2. The van der Waals surface area contributed by atoms with Gasteiger partial charge >= 0.3 is 12.2 Å². The van der Waals surface area contributed by atoms with E-state index in [0.29, 0.717) is 5.75 Å². The molecule has 2 heterocycles. The maximum Gasteiger partial charge on any atom is 0.437 e. The van der Waals surface area contributed by atoms with Crippen LogP contribution in [0.25, 0.3) is 0 Å². The molecule has 2 aromatic carbocycles. The van der Waals surface area contributed by atoms with Gasteiger partial charge in [0.1, 0.15) is 18.3 Å². The molecule has 3 atom stereocenters. The van der Waals surface area contributed by atoms with Gasteiger partial charge in [0.15, 0.2) is 5.78 Å². The van der Waals surface area contributed by atoms with Crippen LogP contribution in [-0.2, 0) is 6.61 Å². The summed E-state index contributed by atoms with van der Waals surface area (Å²) in [5.74, 6) is -2.54. The number of nitrogens with one attached hydrogen (secondary N) is 2. The number of amides is 2. The van der Waals surface area contributed by atoms with E-state index >= 15 is 0 Å². The number of carbonyl (C=O) groups is 2. The summed E-state index contributed by atoms with van der Waals surface area (Å²) in [6.45, 7) is 0.289. The number of rotatable bonds is 6. The second-order valence-corrected chi connectivity index (χ2v) is 8.45. The average molecular weight is 476 g/mol. The van der Waals surface area contributed by atoms with Crippen LogP contribution in [0.1, 0.15) is 26.8 Å². The molecule has 3 N–H and O–H groups in total. The Labute approximate surface area is 191 Å². The summed E-state index contributed by atoms with van der Waals surface area (Å²) in [5, 5.41) is 16.0. The number of hydrogen-bond donors (Lipinski definition) is 3. The molecule has 2 amide bonds. The lowest BCUT2D eigenvalue weighted by Gasteiger charge is -2.44. The lowest BCUT2D eigenvalue weighted by Crippen LogP contribution is -2.72. The van der Waals surface area contributed by atoms with Gasteiger partial charge in [-0.05, 0) is 34.7 Å². The number of ketones is 1. The van der Waals surface area contributed by atoms with Gasteiger partial charge in [0.05, 0.1) is 10.9 Å². The van der Waals surface area contributed by atoms with Crippen molar-refractivity contribution in [3.8, 4) is 5.75 Å². The molecule has 1 saturated heterocycles. The molecule has 172 valence electrons.